The van der Waals surface area contributed by atoms with Crippen molar-refractivity contribution in [1.82, 2.24) is 5.32 Å². The molecule has 3 N–H and O–H groups in total. The van der Waals surface area contributed by atoms with Crippen LogP contribution in [0.1, 0.15) is 31.2 Å². The topological polar surface area (TPSA) is 64.4 Å². The maximum Gasteiger partial charge on any atom is 0.249 e. The molecule has 0 bridgehead atoms. The van der Waals surface area contributed by atoms with E-state index >= 15 is 0 Å². The number of hydrogen-bond acceptors (Lipinski definition) is 3. The third-order valence-electron chi connectivity index (χ3n) is 4.15. The molecule has 6 heteroatoms. The molecule has 1 aromatic carbocycles. The van der Waals surface area contributed by atoms with Gasteiger partial charge >= 0.3 is 0 Å². The van der Waals surface area contributed by atoms with Crippen molar-refractivity contribution >= 4 is 18.3 Å². The monoisotopic (exact) mass is 314 g/mol. The number of carbonyl (C=O) groups is 1. The SMILES string of the molecule is Cl.NC[C@H]1CC[C@@H](C(=O)NC2(c3cccc(F)c3)CC2)O1. The number of hydrogen-bond donors (Lipinski definition) is 2. The second-order valence-electron chi connectivity index (χ2n) is 5.64. The van der Waals surface area contributed by atoms with Crippen molar-refractivity contribution in [1.29, 1.82) is 0 Å². The Labute approximate surface area is 129 Å². The first-order chi connectivity index (χ1) is 9.63. The number of nitrogens with two attached hydrogens (primary N) is 1. The summed E-state index contributed by atoms with van der Waals surface area (Å²) in [5, 5.41) is 3.03. The molecule has 2 aliphatic rings. The summed E-state index contributed by atoms with van der Waals surface area (Å²) < 4.78 is 18.9. The Morgan fingerprint density at radius 1 is 1.43 bits per heavy atom. The zero-order chi connectivity index (χ0) is 14.2. The van der Waals surface area contributed by atoms with Crippen molar-refractivity contribution < 1.29 is 13.9 Å². The van der Waals surface area contributed by atoms with E-state index in [1.807, 2.05) is 6.07 Å². The van der Waals surface area contributed by atoms with Gasteiger partial charge in [0.25, 0.3) is 0 Å². The molecule has 2 atom stereocenters. The van der Waals surface area contributed by atoms with E-state index in [-0.39, 0.29) is 30.2 Å². The lowest BCUT2D eigenvalue weighted by Gasteiger charge is -2.21. The van der Waals surface area contributed by atoms with E-state index in [1.165, 1.54) is 12.1 Å². The second kappa shape index (κ2) is 6.30. The molecule has 1 saturated heterocycles. The molecule has 1 aromatic rings. The average Bonchev–Trinajstić information content (AvgIpc) is 3.06. The van der Waals surface area contributed by atoms with E-state index in [1.54, 1.807) is 6.07 Å². The van der Waals surface area contributed by atoms with Crippen molar-refractivity contribution in [3.05, 3.63) is 35.6 Å². The van der Waals surface area contributed by atoms with Crippen LogP contribution in [0.3, 0.4) is 0 Å². The molecule has 1 saturated carbocycles. The van der Waals surface area contributed by atoms with Gasteiger partial charge in [-0.3, -0.25) is 4.79 Å². The van der Waals surface area contributed by atoms with E-state index in [4.69, 9.17) is 10.5 Å². The Morgan fingerprint density at radius 3 is 2.76 bits per heavy atom. The lowest BCUT2D eigenvalue weighted by Crippen LogP contribution is -2.42. The van der Waals surface area contributed by atoms with Gasteiger partial charge in [-0.15, -0.1) is 12.4 Å². The zero-order valence-electron chi connectivity index (χ0n) is 11.7. The van der Waals surface area contributed by atoms with Gasteiger partial charge in [-0.1, -0.05) is 12.1 Å². The normalized spacial score (nSPS) is 26.0. The highest BCUT2D eigenvalue weighted by Gasteiger charge is 2.47. The second-order valence-corrected chi connectivity index (χ2v) is 5.64. The van der Waals surface area contributed by atoms with E-state index in [9.17, 15) is 9.18 Å². The van der Waals surface area contributed by atoms with E-state index in [2.05, 4.69) is 5.32 Å². The summed E-state index contributed by atoms with van der Waals surface area (Å²) in [4.78, 5) is 12.3. The molecule has 0 radical (unpaired) electrons. The third-order valence-corrected chi connectivity index (χ3v) is 4.15. The number of halogens is 2. The maximum absolute atomic E-state index is 13.3. The minimum absolute atomic E-state index is 0. The van der Waals surface area contributed by atoms with Crippen molar-refractivity contribution in [3.8, 4) is 0 Å². The third kappa shape index (κ3) is 3.36. The Kier molecular flexibility index (Phi) is 4.86. The van der Waals surface area contributed by atoms with Gasteiger partial charge < -0.3 is 15.8 Å². The molecule has 4 nitrogen and oxygen atoms in total. The van der Waals surface area contributed by atoms with Gasteiger partial charge in [-0.05, 0) is 43.4 Å². The summed E-state index contributed by atoms with van der Waals surface area (Å²) in [5.41, 5.74) is 5.98. The predicted octanol–water partition coefficient (Wildman–Crippen LogP) is 1.86. The first-order valence-corrected chi connectivity index (χ1v) is 7.06. The fourth-order valence-electron chi connectivity index (χ4n) is 2.79. The predicted molar refractivity (Wildman–Crippen MR) is 79.7 cm³/mol. The van der Waals surface area contributed by atoms with Gasteiger partial charge in [0.15, 0.2) is 0 Å². The van der Waals surface area contributed by atoms with Crippen molar-refractivity contribution in [2.24, 2.45) is 5.73 Å². The largest absolute Gasteiger partial charge is 0.364 e. The van der Waals surface area contributed by atoms with Gasteiger partial charge in [0.1, 0.15) is 11.9 Å². The van der Waals surface area contributed by atoms with Gasteiger partial charge in [0.05, 0.1) is 11.6 Å². The smallest absolute Gasteiger partial charge is 0.249 e. The van der Waals surface area contributed by atoms with E-state index in [0.29, 0.717) is 13.0 Å². The minimum Gasteiger partial charge on any atom is -0.364 e. The van der Waals surface area contributed by atoms with E-state index < -0.39 is 11.6 Å². The summed E-state index contributed by atoms with van der Waals surface area (Å²) in [6.07, 6.45) is 2.77. The molecule has 1 amide bonds. The van der Waals surface area contributed by atoms with Crippen molar-refractivity contribution in [2.75, 3.05) is 6.54 Å². The van der Waals surface area contributed by atoms with Crippen LogP contribution in [0, 0.1) is 5.82 Å². The number of nitrogens with one attached hydrogen (secondary N) is 1. The molecule has 0 aromatic heterocycles. The molecule has 21 heavy (non-hydrogen) atoms. The number of rotatable bonds is 4. The van der Waals surface area contributed by atoms with Crippen LogP contribution in [0.5, 0.6) is 0 Å². The summed E-state index contributed by atoms with van der Waals surface area (Å²) in [6, 6.07) is 6.43. The summed E-state index contributed by atoms with van der Waals surface area (Å²) in [5.74, 6) is -0.383. The maximum atomic E-state index is 13.3. The van der Waals surface area contributed by atoms with E-state index in [0.717, 1.165) is 24.8 Å². The van der Waals surface area contributed by atoms with Gasteiger partial charge in [0.2, 0.25) is 5.91 Å². The Bertz CT molecular complexity index is 522. The van der Waals surface area contributed by atoms with Gasteiger partial charge in [0, 0.05) is 6.54 Å². The highest BCUT2D eigenvalue weighted by atomic mass is 35.5. The molecule has 0 unspecified atom stereocenters. The summed E-state index contributed by atoms with van der Waals surface area (Å²) >= 11 is 0. The van der Waals surface area contributed by atoms with Crippen LogP contribution >= 0.6 is 12.4 Å². The molecule has 1 aliphatic heterocycles. The summed E-state index contributed by atoms with van der Waals surface area (Å²) in [7, 11) is 0. The first-order valence-electron chi connectivity index (χ1n) is 7.06. The zero-order valence-corrected chi connectivity index (χ0v) is 12.5. The lowest BCUT2D eigenvalue weighted by atomic mass is 10.0. The fraction of sp³-hybridized carbons (Fsp3) is 0.533. The van der Waals surface area contributed by atoms with Crippen molar-refractivity contribution in [2.45, 2.75) is 43.4 Å². The van der Waals surface area contributed by atoms with Crippen LogP contribution in [0.15, 0.2) is 24.3 Å². The van der Waals surface area contributed by atoms with Crippen LogP contribution in [-0.4, -0.2) is 24.7 Å². The van der Waals surface area contributed by atoms with Crippen LogP contribution in [0.2, 0.25) is 0 Å². The number of amides is 1. The quantitative estimate of drug-likeness (QED) is 0.891. The molecule has 3 rings (SSSR count). The number of carbonyl (C=O) groups excluding carboxylic acids is 1. The number of benzene rings is 1. The van der Waals surface area contributed by atoms with Crippen LogP contribution < -0.4 is 11.1 Å². The molecular formula is C15H20ClFN2O2. The average molecular weight is 315 g/mol. The van der Waals surface area contributed by atoms with Crippen molar-refractivity contribution in [3.63, 3.8) is 0 Å². The molecule has 1 aliphatic carbocycles. The highest BCUT2D eigenvalue weighted by molar-refractivity contribution is 5.85. The van der Waals surface area contributed by atoms with Crippen LogP contribution in [0.4, 0.5) is 4.39 Å². The number of ether oxygens (including phenoxy) is 1. The fourth-order valence-corrected chi connectivity index (χ4v) is 2.79. The molecule has 116 valence electrons. The Hall–Kier alpha value is -1.17. The summed E-state index contributed by atoms with van der Waals surface area (Å²) in [6.45, 7) is 0.443. The molecular weight excluding hydrogens is 295 g/mol. The molecule has 1 heterocycles. The van der Waals surface area contributed by atoms with Crippen LogP contribution in [0.25, 0.3) is 0 Å². The molecule has 0 spiro atoms. The standard InChI is InChI=1S/C15H19FN2O2.ClH/c16-11-3-1-2-10(8-11)15(6-7-15)18-14(19)13-5-4-12(9-17)20-13;/h1-3,8,12-13H,4-7,9,17H2,(H,18,19);1H/t12-,13+;/m1./s1. The minimum atomic E-state index is -0.422. The van der Waals surface area contributed by atoms with Gasteiger partial charge in [-0.25, -0.2) is 4.39 Å². The van der Waals surface area contributed by atoms with Crippen LogP contribution in [-0.2, 0) is 15.1 Å². The van der Waals surface area contributed by atoms with Gasteiger partial charge in [-0.2, -0.15) is 0 Å². The molecule has 2 fully saturated rings. The Balaban J connectivity index is 0.00000161. The first kappa shape index (κ1) is 16.2. The highest BCUT2D eigenvalue weighted by Crippen LogP contribution is 2.45. The lowest BCUT2D eigenvalue weighted by molar-refractivity contribution is -0.133. The Morgan fingerprint density at radius 2 is 2.19 bits per heavy atom.